The van der Waals surface area contributed by atoms with Crippen molar-refractivity contribution in [3.05, 3.63) is 66.1 Å². The van der Waals surface area contributed by atoms with E-state index < -0.39 is 18.3 Å². The fourth-order valence-electron chi connectivity index (χ4n) is 2.76. The Bertz CT molecular complexity index is 1190. The van der Waals surface area contributed by atoms with Crippen molar-refractivity contribution in [3.8, 4) is 22.9 Å². The maximum absolute atomic E-state index is 14.1. The summed E-state index contributed by atoms with van der Waals surface area (Å²) in [5, 5.41) is 19.5. The van der Waals surface area contributed by atoms with E-state index in [0.29, 0.717) is 17.0 Å². The summed E-state index contributed by atoms with van der Waals surface area (Å²) < 4.78 is 34.4. The standard InChI is InChI=1S/C19H14F2N6O3/c20-12-4-2-1-3-11(12)10-27-16(14-5-6-30-26-14)7-15(25-27)19-22-8-13(21)18(24-19)23-9-17(28)29/h1-8H,9-10H2,(H,28,29)(H,22,23,24). The van der Waals surface area contributed by atoms with Crippen LogP contribution in [0.5, 0.6) is 0 Å². The van der Waals surface area contributed by atoms with Gasteiger partial charge in [0.2, 0.25) is 0 Å². The number of hydrogen-bond donors (Lipinski definition) is 2. The van der Waals surface area contributed by atoms with Gasteiger partial charge in [-0.3, -0.25) is 9.48 Å². The lowest BCUT2D eigenvalue weighted by Crippen LogP contribution is -2.15. The van der Waals surface area contributed by atoms with Gasteiger partial charge >= 0.3 is 5.97 Å². The number of rotatable bonds is 7. The van der Waals surface area contributed by atoms with E-state index in [1.54, 1.807) is 30.3 Å². The summed E-state index contributed by atoms with van der Waals surface area (Å²) in [6.45, 7) is -0.417. The monoisotopic (exact) mass is 412 g/mol. The van der Waals surface area contributed by atoms with Gasteiger partial charge in [-0.2, -0.15) is 5.10 Å². The van der Waals surface area contributed by atoms with E-state index in [4.69, 9.17) is 9.63 Å². The summed E-state index contributed by atoms with van der Waals surface area (Å²) in [5.41, 5.74) is 1.63. The van der Waals surface area contributed by atoms with Crippen LogP contribution in [-0.2, 0) is 11.3 Å². The molecule has 152 valence electrons. The van der Waals surface area contributed by atoms with Gasteiger partial charge in [-0.25, -0.2) is 18.7 Å². The minimum atomic E-state index is -1.17. The summed E-state index contributed by atoms with van der Waals surface area (Å²) >= 11 is 0. The molecule has 0 fully saturated rings. The molecule has 3 aromatic heterocycles. The predicted molar refractivity (Wildman–Crippen MR) is 100 cm³/mol. The number of anilines is 1. The minimum absolute atomic E-state index is 0.0568. The van der Waals surface area contributed by atoms with Crippen LogP contribution >= 0.6 is 0 Å². The molecule has 0 radical (unpaired) electrons. The summed E-state index contributed by atoms with van der Waals surface area (Å²) in [6.07, 6.45) is 2.30. The van der Waals surface area contributed by atoms with Crippen molar-refractivity contribution in [1.29, 1.82) is 0 Å². The summed E-state index contributed by atoms with van der Waals surface area (Å²) in [6, 6.07) is 9.49. The molecule has 0 atom stereocenters. The topological polar surface area (TPSA) is 119 Å². The lowest BCUT2D eigenvalue weighted by molar-refractivity contribution is -0.134. The first-order valence-corrected chi connectivity index (χ1v) is 8.72. The number of carboxylic acids is 1. The highest BCUT2D eigenvalue weighted by Gasteiger charge is 2.18. The fourth-order valence-corrected chi connectivity index (χ4v) is 2.76. The Labute approximate surface area is 168 Å². The van der Waals surface area contributed by atoms with Crippen LogP contribution in [0.25, 0.3) is 22.9 Å². The first-order chi connectivity index (χ1) is 14.5. The fraction of sp³-hybridized carbons (Fsp3) is 0.105. The molecule has 11 heteroatoms. The number of nitrogens with one attached hydrogen (secondary N) is 1. The van der Waals surface area contributed by atoms with E-state index in [0.717, 1.165) is 6.20 Å². The Morgan fingerprint density at radius 2 is 2.00 bits per heavy atom. The zero-order chi connectivity index (χ0) is 21.1. The highest BCUT2D eigenvalue weighted by atomic mass is 19.1. The first kappa shape index (κ1) is 19.2. The number of nitrogens with zero attached hydrogens (tertiary/aromatic N) is 5. The molecule has 0 unspecified atom stereocenters. The molecule has 2 N–H and O–H groups in total. The van der Waals surface area contributed by atoms with E-state index in [1.165, 1.54) is 17.0 Å². The second-order valence-corrected chi connectivity index (χ2v) is 6.19. The van der Waals surface area contributed by atoms with Gasteiger partial charge in [0.25, 0.3) is 0 Å². The molecule has 30 heavy (non-hydrogen) atoms. The van der Waals surface area contributed by atoms with Crippen LogP contribution in [0.1, 0.15) is 5.56 Å². The van der Waals surface area contributed by atoms with Gasteiger partial charge in [-0.1, -0.05) is 23.4 Å². The predicted octanol–water partition coefficient (Wildman–Crippen LogP) is 2.82. The number of carbonyl (C=O) groups is 1. The molecule has 1 aromatic carbocycles. The Balaban J connectivity index is 1.74. The number of carboxylic acid groups (broad SMARTS) is 1. The van der Waals surface area contributed by atoms with Gasteiger partial charge in [0, 0.05) is 11.6 Å². The van der Waals surface area contributed by atoms with Gasteiger partial charge in [-0.15, -0.1) is 0 Å². The molecule has 0 saturated heterocycles. The normalized spacial score (nSPS) is 10.9. The molecule has 3 heterocycles. The van der Waals surface area contributed by atoms with Crippen LogP contribution in [0.2, 0.25) is 0 Å². The third-order valence-corrected chi connectivity index (χ3v) is 4.14. The van der Waals surface area contributed by atoms with Gasteiger partial charge in [0.15, 0.2) is 17.5 Å². The van der Waals surface area contributed by atoms with Crippen molar-refractivity contribution >= 4 is 11.8 Å². The zero-order valence-electron chi connectivity index (χ0n) is 15.3. The van der Waals surface area contributed by atoms with E-state index in [1.807, 2.05) is 0 Å². The lowest BCUT2D eigenvalue weighted by atomic mass is 10.2. The quantitative estimate of drug-likeness (QED) is 0.476. The van der Waals surface area contributed by atoms with E-state index in [-0.39, 0.29) is 29.7 Å². The molecule has 0 spiro atoms. The van der Waals surface area contributed by atoms with Crippen LogP contribution in [0.15, 0.2) is 53.4 Å². The van der Waals surface area contributed by atoms with Crippen molar-refractivity contribution in [2.75, 3.05) is 11.9 Å². The minimum Gasteiger partial charge on any atom is -0.480 e. The van der Waals surface area contributed by atoms with Crippen LogP contribution in [0.3, 0.4) is 0 Å². The highest BCUT2D eigenvalue weighted by molar-refractivity contribution is 5.72. The third kappa shape index (κ3) is 3.99. The summed E-state index contributed by atoms with van der Waals surface area (Å²) in [5.74, 6) is -2.58. The maximum Gasteiger partial charge on any atom is 0.322 e. The Morgan fingerprint density at radius 1 is 1.17 bits per heavy atom. The highest BCUT2D eigenvalue weighted by Crippen LogP contribution is 2.25. The van der Waals surface area contributed by atoms with Crippen molar-refractivity contribution in [3.63, 3.8) is 0 Å². The second-order valence-electron chi connectivity index (χ2n) is 6.19. The average Bonchev–Trinajstić information content (AvgIpc) is 3.39. The molecule has 0 amide bonds. The molecule has 0 bridgehead atoms. The molecule has 0 aliphatic rings. The Hall–Kier alpha value is -4.15. The molecule has 0 saturated carbocycles. The lowest BCUT2D eigenvalue weighted by Gasteiger charge is -2.07. The second kappa shape index (κ2) is 8.07. The largest absolute Gasteiger partial charge is 0.480 e. The number of benzene rings is 1. The van der Waals surface area contributed by atoms with Crippen LogP contribution < -0.4 is 5.32 Å². The summed E-state index contributed by atoms with van der Waals surface area (Å²) in [7, 11) is 0. The SMILES string of the molecule is O=C(O)CNc1nc(-c2cc(-c3ccon3)n(Cc3ccccc3F)n2)ncc1F. The van der Waals surface area contributed by atoms with Crippen LogP contribution in [-0.4, -0.2) is 42.5 Å². The number of halogens is 2. The Kier molecular flexibility index (Phi) is 5.16. The van der Waals surface area contributed by atoms with Gasteiger partial charge in [0.1, 0.15) is 30.0 Å². The van der Waals surface area contributed by atoms with Gasteiger partial charge in [0.05, 0.1) is 18.4 Å². The van der Waals surface area contributed by atoms with E-state index >= 15 is 0 Å². The molecule has 4 aromatic rings. The smallest absolute Gasteiger partial charge is 0.322 e. The van der Waals surface area contributed by atoms with E-state index in [9.17, 15) is 13.6 Å². The van der Waals surface area contributed by atoms with E-state index in [2.05, 4.69) is 25.5 Å². The van der Waals surface area contributed by atoms with Crippen molar-refractivity contribution in [2.45, 2.75) is 6.54 Å². The number of aromatic nitrogens is 5. The average molecular weight is 412 g/mol. The maximum atomic E-state index is 14.1. The molecular weight excluding hydrogens is 398 g/mol. The number of aliphatic carboxylic acids is 1. The molecule has 0 aliphatic carbocycles. The van der Waals surface area contributed by atoms with Gasteiger partial charge < -0.3 is 14.9 Å². The van der Waals surface area contributed by atoms with Crippen molar-refractivity contribution in [2.24, 2.45) is 0 Å². The van der Waals surface area contributed by atoms with Crippen molar-refractivity contribution < 1.29 is 23.2 Å². The Morgan fingerprint density at radius 3 is 2.73 bits per heavy atom. The number of hydrogen-bond acceptors (Lipinski definition) is 7. The van der Waals surface area contributed by atoms with Crippen molar-refractivity contribution in [1.82, 2.24) is 24.9 Å². The third-order valence-electron chi connectivity index (χ3n) is 4.14. The molecule has 0 aliphatic heterocycles. The molecular formula is C19H14F2N6O3. The molecule has 4 rings (SSSR count). The van der Waals surface area contributed by atoms with Crippen LogP contribution in [0.4, 0.5) is 14.6 Å². The molecule has 9 nitrogen and oxygen atoms in total. The zero-order valence-corrected chi connectivity index (χ0v) is 15.3. The van der Waals surface area contributed by atoms with Crippen LogP contribution in [0, 0.1) is 11.6 Å². The first-order valence-electron chi connectivity index (χ1n) is 8.72. The van der Waals surface area contributed by atoms with Gasteiger partial charge in [-0.05, 0) is 12.1 Å². The summed E-state index contributed by atoms with van der Waals surface area (Å²) in [4.78, 5) is 18.7.